The van der Waals surface area contributed by atoms with Crippen LogP contribution in [0.4, 0.5) is 5.69 Å². The van der Waals surface area contributed by atoms with Gasteiger partial charge in [0.1, 0.15) is 0 Å². The highest BCUT2D eigenvalue weighted by Gasteiger charge is 2.14. The second-order valence-corrected chi connectivity index (χ2v) is 5.70. The fourth-order valence-electron chi connectivity index (χ4n) is 2.49. The average molecular weight is 324 g/mol. The standard InChI is InChI=1S/C17H20N6O/c1-12-11-13(2)23-17(19-12)20-15(21-23)16(24)18-9-10-22(3)14-7-5-4-6-8-14/h4-8,11H,9-10H2,1-3H3,(H,18,24). The predicted octanol–water partition coefficient (Wildman–Crippen LogP) is 1.61. The number of amides is 1. The Morgan fingerprint density at radius 3 is 2.71 bits per heavy atom. The molecule has 1 aromatic carbocycles. The van der Waals surface area contributed by atoms with Gasteiger partial charge in [-0.15, -0.1) is 5.10 Å². The zero-order valence-corrected chi connectivity index (χ0v) is 14.0. The molecule has 0 aliphatic rings. The van der Waals surface area contributed by atoms with Gasteiger partial charge < -0.3 is 10.2 Å². The molecule has 0 saturated heterocycles. The summed E-state index contributed by atoms with van der Waals surface area (Å²) in [5, 5.41) is 7.07. The number of likely N-dealkylation sites (N-methyl/N-ethyl adjacent to an activating group) is 1. The Morgan fingerprint density at radius 2 is 1.96 bits per heavy atom. The molecule has 0 aliphatic heterocycles. The summed E-state index contributed by atoms with van der Waals surface area (Å²) in [4.78, 5) is 22.8. The summed E-state index contributed by atoms with van der Waals surface area (Å²) in [6.45, 7) is 5.00. The first-order valence-corrected chi connectivity index (χ1v) is 7.80. The summed E-state index contributed by atoms with van der Waals surface area (Å²) in [6, 6.07) is 11.9. The van der Waals surface area contributed by atoms with Crippen LogP contribution in [-0.2, 0) is 0 Å². The Bertz CT molecular complexity index is 858. The van der Waals surface area contributed by atoms with E-state index in [1.165, 1.54) is 0 Å². The zero-order chi connectivity index (χ0) is 17.1. The van der Waals surface area contributed by atoms with Crippen molar-refractivity contribution in [3.05, 3.63) is 53.6 Å². The van der Waals surface area contributed by atoms with Crippen molar-refractivity contribution >= 4 is 17.4 Å². The first-order chi connectivity index (χ1) is 11.5. The molecule has 1 amide bonds. The number of aryl methyl sites for hydroxylation is 2. The minimum Gasteiger partial charge on any atom is -0.373 e. The van der Waals surface area contributed by atoms with Crippen molar-refractivity contribution in [2.24, 2.45) is 0 Å². The number of carbonyl (C=O) groups is 1. The van der Waals surface area contributed by atoms with Crippen LogP contribution in [0.5, 0.6) is 0 Å². The van der Waals surface area contributed by atoms with Crippen LogP contribution in [0.25, 0.3) is 5.78 Å². The minimum absolute atomic E-state index is 0.138. The van der Waals surface area contributed by atoms with Gasteiger partial charge in [0.2, 0.25) is 5.82 Å². The minimum atomic E-state index is -0.293. The number of fused-ring (bicyclic) bond motifs is 1. The highest BCUT2D eigenvalue weighted by molar-refractivity contribution is 5.90. The highest BCUT2D eigenvalue weighted by atomic mass is 16.2. The molecule has 2 heterocycles. The Labute approximate surface area is 140 Å². The maximum absolute atomic E-state index is 12.2. The van der Waals surface area contributed by atoms with Gasteiger partial charge in [0, 0.05) is 37.2 Å². The average Bonchev–Trinajstić information content (AvgIpc) is 3.00. The molecular formula is C17H20N6O. The summed E-state index contributed by atoms with van der Waals surface area (Å²) in [5.41, 5.74) is 2.85. The molecule has 124 valence electrons. The molecule has 3 aromatic rings. The van der Waals surface area contributed by atoms with E-state index in [2.05, 4.69) is 25.3 Å². The van der Waals surface area contributed by atoms with Gasteiger partial charge in [-0.2, -0.15) is 4.98 Å². The molecule has 0 bridgehead atoms. The third-order valence-corrected chi connectivity index (χ3v) is 3.75. The fourth-order valence-corrected chi connectivity index (χ4v) is 2.49. The van der Waals surface area contributed by atoms with Gasteiger partial charge in [0.15, 0.2) is 0 Å². The monoisotopic (exact) mass is 324 g/mol. The van der Waals surface area contributed by atoms with E-state index in [9.17, 15) is 4.79 Å². The number of rotatable bonds is 5. The molecule has 0 unspecified atom stereocenters. The molecule has 24 heavy (non-hydrogen) atoms. The Morgan fingerprint density at radius 1 is 1.21 bits per heavy atom. The maximum atomic E-state index is 12.2. The first kappa shape index (κ1) is 15.9. The summed E-state index contributed by atoms with van der Waals surface area (Å²) in [6.07, 6.45) is 0. The maximum Gasteiger partial charge on any atom is 0.291 e. The summed E-state index contributed by atoms with van der Waals surface area (Å²) < 4.78 is 1.58. The molecular weight excluding hydrogens is 304 g/mol. The number of hydrogen-bond donors (Lipinski definition) is 1. The number of aromatic nitrogens is 4. The molecule has 0 atom stereocenters. The number of carbonyl (C=O) groups excluding carboxylic acids is 1. The number of benzene rings is 1. The van der Waals surface area contributed by atoms with Gasteiger partial charge in [0.25, 0.3) is 11.7 Å². The van der Waals surface area contributed by atoms with E-state index in [4.69, 9.17) is 0 Å². The summed E-state index contributed by atoms with van der Waals surface area (Å²) >= 11 is 0. The molecule has 3 rings (SSSR count). The predicted molar refractivity (Wildman–Crippen MR) is 92.3 cm³/mol. The lowest BCUT2D eigenvalue weighted by Crippen LogP contribution is -2.33. The van der Waals surface area contributed by atoms with Gasteiger partial charge in [-0.1, -0.05) is 18.2 Å². The molecule has 1 N–H and O–H groups in total. The van der Waals surface area contributed by atoms with Crippen LogP contribution in [0.1, 0.15) is 22.0 Å². The lowest BCUT2D eigenvalue weighted by atomic mass is 10.3. The van der Waals surface area contributed by atoms with Crippen molar-refractivity contribution in [2.75, 3.05) is 25.0 Å². The van der Waals surface area contributed by atoms with Crippen LogP contribution >= 0.6 is 0 Å². The molecule has 0 spiro atoms. The summed E-state index contributed by atoms with van der Waals surface area (Å²) in [7, 11) is 1.99. The van der Waals surface area contributed by atoms with Crippen molar-refractivity contribution in [2.45, 2.75) is 13.8 Å². The van der Waals surface area contributed by atoms with E-state index < -0.39 is 0 Å². The number of nitrogens with one attached hydrogen (secondary N) is 1. The lowest BCUT2D eigenvalue weighted by Gasteiger charge is -2.19. The first-order valence-electron chi connectivity index (χ1n) is 7.80. The highest BCUT2D eigenvalue weighted by Crippen LogP contribution is 2.10. The van der Waals surface area contributed by atoms with E-state index in [1.807, 2.05) is 57.3 Å². The smallest absolute Gasteiger partial charge is 0.291 e. The number of anilines is 1. The van der Waals surface area contributed by atoms with E-state index in [1.54, 1.807) is 4.52 Å². The van der Waals surface area contributed by atoms with E-state index in [0.29, 0.717) is 18.9 Å². The van der Waals surface area contributed by atoms with Gasteiger partial charge >= 0.3 is 0 Å². The van der Waals surface area contributed by atoms with Crippen molar-refractivity contribution < 1.29 is 4.79 Å². The zero-order valence-electron chi connectivity index (χ0n) is 14.0. The van der Waals surface area contributed by atoms with Crippen LogP contribution in [-0.4, -0.2) is 45.6 Å². The second-order valence-electron chi connectivity index (χ2n) is 5.70. The van der Waals surface area contributed by atoms with Crippen LogP contribution in [0.2, 0.25) is 0 Å². The lowest BCUT2D eigenvalue weighted by molar-refractivity contribution is 0.0944. The SMILES string of the molecule is Cc1cc(C)n2nc(C(=O)NCCN(C)c3ccccc3)nc2n1. The van der Waals surface area contributed by atoms with Crippen LogP contribution in [0.15, 0.2) is 36.4 Å². The van der Waals surface area contributed by atoms with Crippen molar-refractivity contribution in [1.82, 2.24) is 24.9 Å². The summed E-state index contributed by atoms with van der Waals surface area (Å²) in [5.74, 6) is 0.289. The van der Waals surface area contributed by atoms with Gasteiger partial charge in [0.05, 0.1) is 0 Å². The largest absolute Gasteiger partial charge is 0.373 e. The molecule has 2 aromatic heterocycles. The van der Waals surface area contributed by atoms with Crippen molar-refractivity contribution in [1.29, 1.82) is 0 Å². The molecule has 7 heteroatoms. The molecule has 0 radical (unpaired) electrons. The molecule has 0 fully saturated rings. The Kier molecular flexibility index (Phi) is 4.41. The van der Waals surface area contributed by atoms with Crippen LogP contribution in [0.3, 0.4) is 0 Å². The van der Waals surface area contributed by atoms with Crippen molar-refractivity contribution in [3.8, 4) is 0 Å². The van der Waals surface area contributed by atoms with Gasteiger partial charge in [-0.3, -0.25) is 4.79 Å². The van der Waals surface area contributed by atoms with Crippen LogP contribution < -0.4 is 10.2 Å². The normalized spacial score (nSPS) is 10.8. The molecule has 0 saturated carbocycles. The van der Waals surface area contributed by atoms with Gasteiger partial charge in [-0.25, -0.2) is 9.50 Å². The third-order valence-electron chi connectivity index (χ3n) is 3.75. The second kappa shape index (κ2) is 6.66. The third kappa shape index (κ3) is 3.34. The topological polar surface area (TPSA) is 75.4 Å². The van der Waals surface area contributed by atoms with Crippen molar-refractivity contribution in [3.63, 3.8) is 0 Å². The van der Waals surface area contributed by atoms with Crippen LogP contribution in [0, 0.1) is 13.8 Å². The number of nitrogens with zero attached hydrogens (tertiary/aromatic N) is 5. The molecule has 7 nitrogen and oxygen atoms in total. The van der Waals surface area contributed by atoms with E-state index >= 15 is 0 Å². The quantitative estimate of drug-likeness (QED) is 0.772. The van der Waals surface area contributed by atoms with Gasteiger partial charge in [-0.05, 0) is 32.0 Å². The molecule has 0 aliphatic carbocycles. The fraction of sp³-hybridized carbons (Fsp3) is 0.294. The van der Waals surface area contributed by atoms with E-state index in [-0.39, 0.29) is 11.7 Å². The number of hydrogen-bond acceptors (Lipinski definition) is 5. The number of para-hydroxylation sites is 1. The Balaban J connectivity index is 1.62. The van der Waals surface area contributed by atoms with E-state index in [0.717, 1.165) is 17.1 Å². The Hall–Kier alpha value is -2.96.